The van der Waals surface area contributed by atoms with E-state index in [1.165, 1.54) is 7.11 Å². The highest BCUT2D eigenvalue weighted by Gasteiger charge is 2.30. The van der Waals surface area contributed by atoms with E-state index < -0.39 is 21.7 Å². The normalized spacial score (nSPS) is 17.5. The predicted molar refractivity (Wildman–Crippen MR) is 79.5 cm³/mol. The zero-order chi connectivity index (χ0) is 15.8. The van der Waals surface area contributed by atoms with E-state index in [4.69, 9.17) is 11.5 Å². The van der Waals surface area contributed by atoms with Crippen molar-refractivity contribution in [1.29, 1.82) is 0 Å². The second kappa shape index (κ2) is 5.53. The number of hydrogen-bond donors (Lipinski definition) is 2. The molecule has 1 aliphatic heterocycles. The van der Waals surface area contributed by atoms with Crippen molar-refractivity contribution in [2.45, 2.75) is 0 Å². The van der Waals surface area contributed by atoms with E-state index in [1.807, 2.05) is 0 Å². The van der Waals surface area contributed by atoms with Gasteiger partial charge < -0.3 is 21.1 Å². The number of amides is 1. The molecule has 10 heteroatoms. The zero-order valence-corrected chi connectivity index (χ0v) is 12.9. The maximum atomic E-state index is 11.6. The summed E-state index contributed by atoms with van der Waals surface area (Å²) in [6.45, 7) is 0.451. The number of primary amides is 1. The third kappa shape index (κ3) is 2.95. The molecule has 0 saturated carbocycles. The van der Waals surface area contributed by atoms with Crippen LogP contribution >= 0.6 is 11.3 Å². The largest absolute Gasteiger partial charge is 0.465 e. The number of sulfone groups is 1. The van der Waals surface area contributed by atoms with Gasteiger partial charge in [0.25, 0.3) is 5.91 Å². The van der Waals surface area contributed by atoms with Crippen molar-refractivity contribution >= 4 is 43.7 Å². The lowest BCUT2D eigenvalue weighted by atomic mass is 10.2. The number of ether oxygens (including phenoxy) is 1. The molecule has 4 N–H and O–H groups in total. The van der Waals surface area contributed by atoms with Crippen LogP contribution in [-0.2, 0) is 14.6 Å². The van der Waals surface area contributed by atoms with E-state index in [9.17, 15) is 18.0 Å². The van der Waals surface area contributed by atoms with Gasteiger partial charge in [0.2, 0.25) is 0 Å². The van der Waals surface area contributed by atoms with Gasteiger partial charge in [0.15, 0.2) is 9.84 Å². The molecule has 21 heavy (non-hydrogen) atoms. The fourth-order valence-electron chi connectivity index (χ4n) is 2.05. The Morgan fingerprint density at radius 2 is 1.86 bits per heavy atom. The molecule has 0 spiro atoms. The molecule has 116 valence electrons. The van der Waals surface area contributed by atoms with Crippen LogP contribution in [0, 0.1) is 0 Å². The van der Waals surface area contributed by atoms with Gasteiger partial charge in [-0.3, -0.25) is 4.79 Å². The highest BCUT2D eigenvalue weighted by atomic mass is 32.2. The van der Waals surface area contributed by atoms with Crippen molar-refractivity contribution in [1.82, 2.24) is 0 Å². The molecule has 2 heterocycles. The summed E-state index contributed by atoms with van der Waals surface area (Å²) in [6.07, 6.45) is 0. The lowest BCUT2D eigenvalue weighted by molar-refractivity contribution is 0.0607. The van der Waals surface area contributed by atoms with E-state index in [-0.39, 0.29) is 40.7 Å². The quantitative estimate of drug-likeness (QED) is 0.709. The maximum absolute atomic E-state index is 11.6. The zero-order valence-electron chi connectivity index (χ0n) is 11.3. The summed E-state index contributed by atoms with van der Waals surface area (Å²) >= 11 is 0.985. The van der Waals surface area contributed by atoms with Crippen molar-refractivity contribution < 1.29 is 22.7 Å². The van der Waals surface area contributed by atoms with Gasteiger partial charge >= 0.3 is 5.97 Å². The van der Waals surface area contributed by atoms with Crippen LogP contribution in [0.5, 0.6) is 0 Å². The van der Waals surface area contributed by atoms with Gasteiger partial charge in [-0.05, 0) is 0 Å². The fraction of sp³-hybridized carbons (Fsp3) is 0.455. The minimum Gasteiger partial charge on any atom is -0.465 e. The second-order valence-electron chi connectivity index (χ2n) is 4.52. The molecule has 2 rings (SSSR count). The molecule has 1 aromatic heterocycles. The number of anilines is 2. The van der Waals surface area contributed by atoms with Crippen LogP contribution in [0.2, 0.25) is 0 Å². The molecule has 0 bridgehead atoms. The summed E-state index contributed by atoms with van der Waals surface area (Å²) in [4.78, 5) is 25.0. The van der Waals surface area contributed by atoms with E-state index in [1.54, 1.807) is 4.90 Å². The van der Waals surface area contributed by atoms with Crippen molar-refractivity contribution in [3.63, 3.8) is 0 Å². The van der Waals surface area contributed by atoms with Crippen LogP contribution in [-0.4, -0.2) is 52.0 Å². The van der Waals surface area contributed by atoms with Crippen molar-refractivity contribution in [2.24, 2.45) is 5.73 Å². The standard InChI is InChI=1S/C11H15N3O5S2/c1-19-11(16)8-7(12)6(9(13)15)10(20-8)14-2-4-21(17,18)5-3-14/h2-5,12H2,1H3,(H2,13,15). The Kier molecular flexibility index (Phi) is 4.10. The number of thiophene rings is 1. The first-order chi connectivity index (χ1) is 9.76. The van der Waals surface area contributed by atoms with Gasteiger partial charge in [0, 0.05) is 13.1 Å². The van der Waals surface area contributed by atoms with Gasteiger partial charge in [0.1, 0.15) is 9.88 Å². The van der Waals surface area contributed by atoms with Crippen LogP contribution in [0.25, 0.3) is 0 Å². The van der Waals surface area contributed by atoms with E-state index >= 15 is 0 Å². The number of nitrogens with two attached hydrogens (primary N) is 2. The van der Waals surface area contributed by atoms with Gasteiger partial charge in [-0.2, -0.15) is 0 Å². The fourth-order valence-corrected chi connectivity index (χ4v) is 4.45. The highest BCUT2D eigenvalue weighted by Crippen LogP contribution is 2.39. The second-order valence-corrected chi connectivity index (χ2v) is 7.82. The number of rotatable bonds is 3. The minimum atomic E-state index is -3.06. The van der Waals surface area contributed by atoms with Crippen molar-refractivity contribution in [2.75, 3.05) is 42.3 Å². The molecular formula is C11H15N3O5S2. The van der Waals surface area contributed by atoms with Crippen molar-refractivity contribution in [3.05, 3.63) is 10.4 Å². The summed E-state index contributed by atoms with van der Waals surface area (Å²) in [5.74, 6) is -1.45. The SMILES string of the molecule is COC(=O)c1sc(N2CCS(=O)(=O)CC2)c(C(N)=O)c1N. The lowest BCUT2D eigenvalue weighted by Gasteiger charge is -2.28. The molecule has 1 fully saturated rings. The molecule has 8 nitrogen and oxygen atoms in total. The van der Waals surface area contributed by atoms with E-state index in [0.717, 1.165) is 11.3 Å². The molecule has 1 aliphatic rings. The topological polar surface area (TPSA) is 133 Å². The highest BCUT2D eigenvalue weighted by molar-refractivity contribution is 7.91. The molecule has 0 radical (unpaired) electrons. The lowest BCUT2D eigenvalue weighted by Crippen LogP contribution is -2.40. The average molecular weight is 333 g/mol. The number of carbonyl (C=O) groups excluding carboxylic acids is 2. The first-order valence-corrected chi connectivity index (χ1v) is 8.66. The monoisotopic (exact) mass is 333 g/mol. The Morgan fingerprint density at radius 3 is 2.33 bits per heavy atom. The Bertz CT molecular complexity index is 681. The molecule has 0 atom stereocenters. The Labute approximate surface area is 125 Å². The number of methoxy groups -OCH3 is 1. The van der Waals surface area contributed by atoms with Crippen LogP contribution in [0.4, 0.5) is 10.7 Å². The third-order valence-electron chi connectivity index (χ3n) is 3.18. The number of carbonyl (C=O) groups is 2. The van der Waals surface area contributed by atoms with E-state index in [0.29, 0.717) is 5.00 Å². The van der Waals surface area contributed by atoms with Gasteiger partial charge in [-0.1, -0.05) is 0 Å². The Morgan fingerprint density at radius 1 is 1.29 bits per heavy atom. The summed E-state index contributed by atoms with van der Waals surface area (Å²) < 4.78 is 27.5. The van der Waals surface area contributed by atoms with Gasteiger partial charge in [0.05, 0.1) is 29.9 Å². The van der Waals surface area contributed by atoms with Crippen molar-refractivity contribution in [3.8, 4) is 0 Å². The molecule has 0 unspecified atom stereocenters. The summed E-state index contributed by atoms with van der Waals surface area (Å²) in [5, 5.41) is 0.412. The van der Waals surface area contributed by atoms with Crippen LogP contribution in [0.15, 0.2) is 0 Å². The van der Waals surface area contributed by atoms with Gasteiger partial charge in [-0.25, -0.2) is 13.2 Å². The summed E-state index contributed by atoms with van der Waals surface area (Å²) in [7, 11) is -1.85. The van der Waals surface area contributed by atoms with Gasteiger partial charge in [-0.15, -0.1) is 11.3 Å². The Balaban J connectivity index is 2.44. The number of hydrogen-bond acceptors (Lipinski definition) is 8. The molecule has 1 saturated heterocycles. The minimum absolute atomic E-state index is 0.0173. The van der Waals surface area contributed by atoms with E-state index in [2.05, 4.69) is 4.74 Å². The molecular weight excluding hydrogens is 318 g/mol. The van der Waals surface area contributed by atoms with Crippen LogP contribution in [0.3, 0.4) is 0 Å². The maximum Gasteiger partial charge on any atom is 0.350 e. The molecule has 0 aliphatic carbocycles. The number of esters is 1. The molecule has 1 amide bonds. The molecule has 0 aromatic carbocycles. The number of nitrogens with zero attached hydrogens (tertiary/aromatic N) is 1. The summed E-state index contributed by atoms with van der Waals surface area (Å²) in [6, 6.07) is 0. The molecule has 1 aromatic rings. The predicted octanol–water partition coefficient (Wildman–Crippen LogP) is -0.549. The smallest absolute Gasteiger partial charge is 0.350 e. The Hall–Kier alpha value is -1.81. The number of nitrogen functional groups attached to an aromatic ring is 1. The van der Waals surface area contributed by atoms with Crippen LogP contribution in [0.1, 0.15) is 20.0 Å². The first-order valence-electron chi connectivity index (χ1n) is 6.02. The first kappa shape index (κ1) is 15.6. The summed E-state index contributed by atoms with van der Waals surface area (Å²) in [5.41, 5.74) is 11.1. The third-order valence-corrected chi connectivity index (χ3v) is 6.03. The van der Waals surface area contributed by atoms with Crippen LogP contribution < -0.4 is 16.4 Å². The average Bonchev–Trinajstić information content (AvgIpc) is 2.75.